The van der Waals surface area contributed by atoms with Gasteiger partial charge < -0.3 is 5.32 Å². The fourth-order valence-electron chi connectivity index (χ4n) is 2.95. The molecule has 3 heterocycles. The molecule has 0 radical (unpaired) electrons. The molecule has 2 N–H and O–H groups in total. The van der Waals surface area contributed by atoms with Crippen molar-refractivity contribution in [3.05, 3.63) is 47.2 Å². The highest BCUT2D eigenvalue weighted by Crippen LogP contribution is 2.31. The third kappa shape index (κ3) is 3.00. The van der Waals surface area contributed by atoms with E-state index in [0.717, 1.165) is 15.4 Å². The molecule has 25 heavy (non-hydrogen) atoms. The summed E-state index contributed by atoms with van der Waals surface area (Å²) in [6, 6.07) is 9.20. The lowest BCUT2D eigenvalue weighted by atomic mass is 10.1. The fourth-order valence-corrected chi connectivity index (χ4v) is 3.31. The molecule has 1 unspecified atom stereocenters. The number of nitrogens with zero attached hydrogens (tertiary/aromatic N) is 3. The number of hydrogen-bond acceptors (Lipinski definition) is 4. The van der Waals surface area contributed by atoms with Gasteiger partial charge in [-0.25, -0.2) is 0 Å². The molecule has 8 heteroatoms. The van der Waals surface area contributed by atoms with Crippen molar-refractivity contribution in [3.8, 4) is 0 Å². The monoisotopic (exact) mass is 399 g/mol. The molecule has 2 aromatic heterocycles. The predicted molar refractivity (Wildman–Crippen MR) is 97.1 cm³/mol. The smallest absolute Gasteiger partial charge is 0.229 e. The van der Waals surface area contributed by atoms with Crippen LogP contribution in [-0.2, 0) is 9.59 Å². The zero-order valence-corrected chi connectivity index (χ0v) is 14.7. The maximum Gasteiger partial charge on any atom is 0.229 e. The van der Waals surface area contributed by atoms with Crippen molar-refractivity contribution in [1.82, 2.24) is 15.2 Å². The van der Waals surface area contributed by atoms with Crippen molar-refractivity contribution < 1.29 is 9.59 Å². The van der Waals surface area contributed by atoms with Crippen LogP contribution in [0.3, 0.4) is 0 Å². The van der Waals surface area contributed by atoms with Gasteiger partial charge in [-0.15, -0.1) is 0 Å². The van der Waals surface area contributed by atoms with Crippen LogP contribution in [0.2, 0.25) is 0 Å². The van der Waals surface area contributed by atoms with E-state index in [1.165, 1.54) is 0 Å². The zero-order valence-electron chi connectivity index (χ0n) is 13.1. The maximum atomic E-state index is 12.4. The number of benzene rings is 1. The van der Waals surface area contributed by atoms with Crippen LogP contribution in [0.4, 0.5) is 11.5 Å². The summed E-state index contributed by atoms with van der Waals surface area (Å²) in [5.41, 5.74) is 1.45. The van der Waals surface area contributed by atoms with Crippen molar-refractivity contribution in [3.63, 3.8) is 0 Å². The SMILES string of the molecule is O=C(Nc1cccnc1)C1CC(=O)N(c2n[nH]c3cc(Br)ccc23)C1. The minimum Gasteiger partial charge on any atom is -0.324 e. The molecule has 4 rings (SSSR count). The molecule has 1 aliphatic heterocycles. The van der Waals surface area contributed by atoms with Crippen LogP contribution in [0.25, 0.3) is 10.9 Å². The average molecular weight is 400 g/mol. The number of carbonyl (C=O) groups is 2. The highest BCUT2D eigenvalue weighted by molar-refractivity contribution is 9.10. The minimum atomic E-state index is -0.421. The van der Waals surface area contributed by atoms with Gasteiger partial charge in [0.25, 0.3) is 0 Å². The van der Waals surface area contributed by atoms with Crippen LogP contribution in [0.1, 0.15) is 6.42 Å². The lowest BCUT2D eigenvalue weighted by Gasteiger charge is -2.14. The summed E-state index contributed by atoms with van der Waals surface area (Å²) in [7, 11) is 0. The van der Waals surface area contributed by atoms with Crippen LogP contribution in [0.15, 0.2) is 47.2 Å². The molecule has 1 aromatic carbocycles. The van der Waals surface area contributed by atoms with Crippen LogP contribution in [0.5, 0.6) is 0 Å². The van der Waals surface area contributed by atoms with E-state index in [9.17, 15) is 9.59 Å². The molecule has 2 amide bonds. The standard InChI is InChI=1S/C17H14BrN5O2/c18-11-3-4-13-14(7-11)21-22-16(13)23-9-10(6-15(23)24)17(25)20-12-2-1-5-19-8-12/h1-5,7-8,10H,6,9H2,(H,20,25)(H,21,22). The van der Waals surface area contributed by atoms with Gasteiger partial charge in [-0.1, -0.05) is 15.9 Å². The van der Waals surface area contributed by atoms with Crippen molar-refractivity contribution in [1.29, 1.82) is 0 Å². The van der Waals surface area contributed by atoms with Gasteiger partial charge in [0.15, 0.2) is 5.82 Å². The van der Waals surface area contributed by atoms with Gasteiger partial charge >= 0.3 is 0 Å². The van der Waals surface area contributed by atoms with Gasteiger partial charge in [-0.3, -0.25) is 24.6 Å². The Balaban J connectivity index is 1.54. The second-order valence-corrected chi connectivity index (χ2v) is 6.79. The van der Waals surface area contributed by atoms with Crippen molar-refractivity contribution in [2.24, 2.45) is 5.92 Å². The van der Waals surface area contributed by atoms with Gasteiger partial charge in [0.05, 0.1) is 23.3 Å². The average Bonchev–Trinajstić information content (AvgIpc) is 3.18. The Morgan fingerprint density at radius 3 is 3.04 bits per heavy atom. The predicted octanol–water partition coefficient (Wildman–Crippen LogP) is 2.71. The molecular formula is C17H14BrN5O2. The molecule has 3 aromatic rings. The van der Waals surface area contributed by atoms with Gasteiger partial charge in [0, 0.05) is 29.0 Å². The van der Waals surface area contributed by atoms with Crippen LogP contribution in [0, 0.1) is 5.92 Å². The number of fused-ring (bicyclic) bond motifs is 1. The summed E-state index contributed by atoms with van der Waals surface area (Å²) < 4.78 is 0.927. The van der Waals surface area contributed by atoms with E-state index in [-0.39, 0.29) is 18.2 Å². The van der Waals surface area contributed by atoms with Gasteiger partial charge in [-0.05, 0) is 30.3 Å². The van der Waals surface area contributed by atoms with Crippen LogP contribution >= 0.6 is 15.9 Å². The number of anilines is 2. The van der Waals surface area contributed by atoms with Crippen LogP contribution in [-0.4, -0.2) is 33.5 Å². The van der Waals surface area contributed by atoms with E-state index in [2.05, 4.69) is 36.4 Å². The summed E-state index contributed by atoms with van der Waals surface area (Å²) in [4.78, 5) is 30.4. The number of aromatic nitrogens is 3. The number of halogens is 1. The normalized spacial score (nSPS) is 17.2. The Morgan fingerprint density at radius 2 is 2.24 bits per heavy atom. The Hall–Kier alpha value is -2.74. The molecule has 1 aliphatic rings. The van der Waals surface area contributed by atoms with E-state index in [0.29, 0.717) is 18.1 Å². The molecule has 1 saturated heterocycles. The molecule has 7 nitrogen and oxygen atoms in total. The molecule has 0 saturated carbocycles. The van der Waals surface area contributed by atoms with Crippen molar-refractivity contribution >= 4 is 50.2 Å². The lowest BCUT2D eigenvalue weighted by molar-refractivity contribution is -0.122. The molecular weight excluding hydrogens is 386 g/mol. The first kappa shape index (κ1) is 15.8. The molecule has 1 fully saturated rings. The third-order valence-corrected chi connectivity index (χ3v) is 4.68. The first-order valence-corrected chi connectivity index (χ1v) is 8.56. The number of hydrogen-bond donors (Lipinski definition) is 2. The molecule has 1 atom stereocenters. The van der Waals surface area contributed by atoms with Gasteiger partial charge in [-0.2, -0.15) is 5.10 Å². The largest absolute Gasteiger partial charge is 0.324 e. The Morgan fingerprint density at radius 1 is 1.36 bits per heavy atom. The topological polar surface area (TPSA) is 91.0 Å². The number of nitrogens with one attached hydrogen (secondary N) is 2. The molecule has 0 aliphatic carbocycles. The van der Waals surface area contributed by atoms with E-state index >= 15 is 0 Å². The summed E-state index contributed by atoms with van der Waals surface area (Å²) in [5, 5.41) is 10.8. The summed E-state index contributed by atoms with van der Waals surface area (Å²) in [5.74, 6) is -0.159. The maximum absolute atomic E-state index is 12.4. The number of amides is 2. The van der Waals surface area contributed by atoms with Gasteiger partial charge in [0.2, 0.25) is 11.8 Å². The number of pyridine rings is 1. The molecule has 0 bridgehead atoms. The molecule has 0 spiro atoms. The Labute approximate surface area is 151 Å². The van der Waals surface area contributed by atoms with Gasteiger partial charge in [0.1, 0.15) is 0 Å². The lowest BCUT2D eigenvalue weighted by Crippen LogP contribution is -2.28. The quantitative estimate of drug-likeness (QED) is 0.708. The van der Waals surface area contributed by atoms with E-state index < -0.39 is 5.92 Å². The second kappa shape index (κ2) is 6.29. The second-order valence-electron chi connectivity index (χ2n) is 5.87. The Kier molecular flexibility index (Phi) is 3.96. The van der Waals surface area contributed by atoms with Crippen LogP contribution < -0.4 is 10.2 Å². The summed E-state index contributed by atoms with van der Waals surface area (Å²) >= 11 is 3.41. The molecule has 126 valence electrons. The summed E-state index contributed by atoms with van der Waals surface area (Å²) in [6.45, 7) is 0.306. The third-order valence-electron chi connectivity index (χ3n) is 4.19. The Bertz CT molecular complexity index is 956. The van der Waals surface area contributed by atoms with E-state index in [1.54, 1.807) is 29.4 Å². The highest BCUT2D eigenvalue weighted by Gasteiger charge is 2.36. The van der Waals surface area contributed by atoms with Crippen molar-refractivity contribution in [2.75, 3.05) is 16.8 Å². The first-order valence-electron chi connectivity index (χ1n) is 7.77. The minimum absolute atomic E-state index is 0.109. The van der Waals surface area contributed by atoms with E-state index in [4.69, 9.17) is 0 Å². The number of H-pyrrole nitrogens is 1. The fraction of sp³-hybridized carbons (Fsp3) is 0.176. The number of aromatic amines is 1. The van der Waals surface area contributed by atoms with Crippen molar-refractivity contribution in [2.45, 2.75) is 6.42 Å². The highest BCUT2D eigenvalue weighted by atomic mass is 79.9. The first-order chi connectivity index (χ1) is 12.1. The zero-order chi connectivity index (χ0) is 17.4. The summed E-state index contributed by atoms with van der Waals surface area (Å²) in [6.07, 6.45) is 3.38. The number of carbonyl (C=O) groups excluding carboxylic acids is 2. The van der Waals surface area contributed by atoms with E-state index in [1.807, 2.05) is 18.2 Å². The number of rotatable bonds is 3.